The van der Waals surface area contributed by atoms with Crippen molar-refractivity contribution in [2.24, 2.45) is 0 Å². The average Bonchev–Trinajstić information content (AvgIpc) is 2.28. The number of pyridine rings is 1. The molecule has 0 atom stereocenters. The summed E-state index contributed by atoms with van der Waals surface area (Å²) in [6.07, 6.45) is -2.92. The van der Waals surface area contributed by atoms with Crippen LogP contribution in [0.3, 0.4) is 0 Å². The SMILES string of the molecule is [B]c1cccc(Cc2ncccc2C(F)(F)F)c1. The van der Waals surface area contributed by atoms with E-state index >= 15 is 0 Å². The molecule has 90 valence electrons. The summed E-state index contributed by atoms with van der Waals surface area (Å²) in [6.45, 7) is 0. The molecule has 2 aromatic rings. The fourth-order valence-corrected chi connectivity index (χ4v) is 1.73. The largest absolute Gasteiger partial charge is 0.418 e. The van der Waals surface area contributed by atoms with Crippen LogP contribution in [0.25, 0.3) is 0 Å². The van der Waals surface area contributed by atoms with E-state index in [-0.39, 0.29) is 12.1 Å². The van der Waals surface area contributed by atoms with Crippen LogP contribution in [0.5, 0.6) is 0 Å². The van der Waals surface area contributed by atoms with E-state index in [1.54, 1.807) is 24.3 Å². The summed E-state index contributed by atoms with van der Waals surface area (Å²) >= 11 is 0. The molecule has 5 heteroatoms. The summed E-state index contributed by atoms with van der Waals surface area (Å²) < 4.78 is 38.3. The van der Waals surface area contributed by atoms with Gasteiger partial charge in [0.05, 0.1) is 11.3 Å². The molecule has 0 fully saturated rings. The molecule has 0 bridgehead atoms. The van der Waals surface area contributed by atoms with Crippen molar-refractivity contribution >= 4 is 13.3 Å². The predicted molar refractivity (Wildman–Crippen MR) is 63.9 cm³/mol. The zero-order valence-electron chi connectivity index (χ0n) is 9.41. The first-order valence-corrected chi connectivity index (χ1v) is 5.32. The van der Waals surface area contributed by atoms with Crippen molar-refractivity contribution in [3.63, 3.8) is 0 Å². The molecule has 0 amide bonds. The zero-order valence-corrected chi connectivity index (χ0v) is 9.41. The third-order valence-electron chi connectivity index (χ3n) is 2.52. The van der Waals surface area contributed by atoms with Gasteiger partial charge in [0.15, 0.2) is 0 Å². The zero-order chi connectivity index (χ0) is 13.2. The second-order valence-electron chi connectivity index (χ2n) is 3.92. The molecule has 1 aromatic heterocycles. The van der Waals surface area contributed by atoms with Crippen LogP contribution in [-0.4, -0.2) is 12.8 Å². The maximum Gasteiger partial charge on any atom is 0.418 e. The van der Waals surface area contributed by atoms with Crippen molar-refractivity contribution in [3.05, 3.63) is 59.4 Å². The topological polar surface area (TPSA) is 12.9 Å². The number of benzene rings is 1. The average molecular weight is 247 g/mol. The molecule has 1 heterocycles. The number of halogens is 3. The van der Waals surface area contributed by atoms with Crippen LogP contribution in [0.1, 0.15) is 16.8 Å². The fraction of sp³-hybridized carbons (Fsp3) is 0.154. The molecule has 2 radical (unpaired) electrons. The lowest BCUT2D eigenvalue weighted by Crippen LogP contribution is -2.11. The van der Waals surface area contributed by atoms with Gasteiger partial charge in [-0.2, -0.15) is 13.2 Å². The Morgan fingerprint density at radius 2 is 1.89 bits per heavy atom. The number of aromatic nitrogens is 1. The van der Waals surface area contributed by atoms with E-state index in [2.05, 4.69) is 4.98 Å². The van der Waals surface area contributed by atoms with Gasteiger partial charge < -0.3 is 0 Å². The Bertz CT molecular complexity index is 552. The Labute approximate surface area is 104 Å². The van der Waals surface area contributed by atoms with Gasteiger partial charge >= 0.3 is 6.18 Å². The number of hydrogen-bond acceptors (Lipinski definition) is 1. The molecule has 0 saturated carbocycles. The number of rotatable bonds is 2. The van der Waals surface area contributed by atoms with Gasteiger partial charge in [0, 0.05) is 12.6 Å². The Kier molecular flexibility index (Phi) is 3.41. The minimum atomic E-state index is -4.39. The maximum absolute atomic E-state index is 12.8. The van der Waals surface area contributed by atoms with Gasteiger partial charge in [-0.1, -0.05) is 29.7 Å². The van der Waals surface area contributed by atoms with Crippen molar-refractivity contribution < 1.29 is 13.2 Å². The first-order chi connectivity index (χ1) is 8.47. The van der Waals surface area contributed by atoms with Gasteiger partial charge in [0.1, 0.15) is 7.85 Å². The van der Waals surface area contributed by atoms with Crippen LogP contribution in [0.2, 0.25) is 0 Å². The third-order valence-corrected chi connectivity index (χ3v) is 2.52. The quantitative estimate of drug-likeness (QED) is 0.743. The Hall–Kier alpha value is -1.78. The fourth-order valence-electron chi connectivity index (χ4n) is 1.73. The van der Waals surface area contributed by atoms with E-state index < -0.39 is 11.7 Å². The van der Waals surface area contributed by atoms with E-state index in [1.165, 1.54) is 12.3 Å². The molecule has 0 unspecified atom stereocenters. The number of alkyl halides is 3. The van der Waals surface area contributed by atoms with Crippen molar-refractivity contribution in [1.82, 2.24) is 4.98 Å². The molecule has 0 aliphatic carbocycles. The van der Waals surface area contributed by atoms with E-state index in [0.717, 1.165) is 6.07 Å². The van der Waals surface area contributed by atoms with E-state index in [1.807, 2.05) is 0 Å². The van der Waals surface area contributed by atoms with Crippen LogP contribution in [0, 0.1) is 0 Å². The Morgan fingerprint density at radius 3 is 2.56 bits per heavy atom. The molecule has 0 aliphatic rings. The van der Waals surface area contributed by atoms with Crippen molar-refractivity contribution in [1.29, 1.82) is 0 Å². The number of hydrogen-bond donors (Lipinski definition) is 0. The van der Waals surface area contributed by atoms with Crippen LogP contribution in [-0.2, 0) is 12.6 Å². The molecule has 0 aliphatic heterocycles. The van der Waals surface area contributed by atoms with Gasteiger partial charge in [0.2, 0.25) is 0 Å². The molecular weight excluding hydrogens is 238 g/mol. The highest BCUT2D eigenvalue weighted by Crippen LogP contribution is 2.31. The highest BCUT2D eigenvalue weighted by atomic mass is 19.4. The minimum Gasteiger partial charge on any atom is -0.260 e. The molecule has 0 spiro atoms. The molecule has 0 saturated heterocycles. The Balaban J connectivity index is 2.35. The van der Waals surface area contributed by atoms with Crippen LogP contribution >= 0.6 is 0 Å². The predicted octanol–water partition coefficient (Wildman–Crippen LogP) is 2.49. The van der Waals surface area contributed by atoms with Crippen LogP contribution in [0.15, 0.2) is 42.6 Å². The van der Waals surface area contributed by atoms with Crippen molar-refractivity contribution in [2.75, 3.05) is 0 Å². The summed E-state index contributed by atoms with van der Waals surface area (Å²) in [5.74, 6) is 0. The van der Waals surface area contributed by atoms with Gasteiger partial charge in [-0.25, -0.2) is 0 Å². The summed E-state index contributed by atoms with van der Waals surface area (Å²) in [5.41, 5.74) is 0.541. The normalized spacial score (nSPS) is 11.5. The van der Waals surface area contributed by atoms with E-state index in [4.69, 9.17) is 7.85 Å². The highest BCUT2D eigenvalue weighted by Gasteiger charge is 2.33. The lowest BCUT2D eigenvalue weighted by atomic mass is 9.93. The van der Waals surface area contributed by atoms with Crippen molar-refractivity contribution in [2.45, 2.75) is 12.6 Å². The molecule has 2 rings (SSSR count). The third kappa shape index (κ3) is 2.91. The van der Waals surface area contributed by atoms with Crippen molar-refractivity contribution in [3.8, 4) is 0 Å². The molecular formula is C13H9BF3N. The lowest BCUT2D eigenvalue weighted by Gasteiger charge is -2.11. The summed E-state index contributed by atoms with van der Waals surface area (Å²) in [5, 5.41) is 0. The van der Waals surface area contributed by atoms with E-state index in [0.29, 0.717) is 11.0 Å². The molecule has 1 nitrogen and oxygen atoms in total. The lowest BCUT2D eigenvalue weighted by molar-refractivity contribution is -0.138. The van der Waals surface area contributed by atoms with Gasteiger partial charge in [-0.05, 0) is 17.7 Å². The molecule has 18 heavy (non-hydrogen) atoms. The van der Waals surface area contributed by atoms with Gasteiger partial charge in [-0.3, -0.25) is 4.98 Å². The second-order valence-corrected chi connectivity index (χ2v) is 3.92. The van der Waals surface area contributed by atoms with Gasteiger partial charge in [-0.15, -0.1) is 0 Å². The second kappa shape index (κ2) is 4.84. The highest BCUT2D eigenvalue weighted by molar-refractivity contribution is 6.32. The standard InChI is InChI=1S/C13H9BF3N/c14-10-4-1-3-9(7-10)8-12-11(13(15,16)17)5-2-6-18-12/h1-7H,8H2. The van der Waals surface area contributed by atoms with Crippen LogP contribution < -0.4 is 5.46 Å². The minimum absolute atomic E-state index is 0.00981. The monoisotopic (exact) mass is 247 g/mol. The summed E-state index contributed by atoms with van der Waals surface area (Å²) in [7, 11) is 5.59. The smallest absolute Gasteiger partial charge is 0.260 e. The van der Waals surface area contributed by atoms with Crippen LogP contribution in [0.4, 0.5) is 13.2 Å². The summed E-state index contributed by atoms with van der Waals surface area (Å²) in [4.78, 5) is 3.81. The summed E-state index contributed by atoms with van der Waals surface area (Å²) in [6, 6.07) is 9.09. The Morgan fingerprint density at radius 1 is 1.11 bits per heavy atom. The molecule has 0 N–H and O–H groups in total. The maximum atomic E-state index is 12.8. The first kappa shape index (κ1) is 12.7. The first-order valence-electron chi connectivity index (χ1n) is 5.32. The van der Waals surface area contributed by atoms with Gasteiger partial charge in [0.25, 0.3) is 0 Å². The van der Waals surface area contributed by atoms with E-state index in [9.17, 15) is 13.2 Å². The molecule has 1 aromatic carbocycles. The number of nitrogens with zero attached hydrogens (tertiary/aromatic N) is 1.